The van der Waals surface area contributed by atoms with Crippen LogP contribution in [0, 0.1) is 0 Å². The van der Waals surface area contributed by atoms with Crippen molar-refractivity contribution >= 4 is 35.0 Å². The molecule has 0 spiro atoms. The van der Waals surface area contributed by atoms with Gasteiger partial charge < -0.3 is 5.73 Å². The zero-order chi connectivity index (χ0) is 10.6. The minimum Gasteiger partial charge on any atom is -0.326 e. The number of nitrogens with one attached hydrogen (secondary N) is 1. The molecule has 6 heteroatoms. The van der Waals surface area contributed by atoms with E-state index in [0.29, 0.717) is 17.3 Å². The van der Waals surface area contributed by atoms with Gasteiger partial charge >= 0.3 is 0 Å². The van der Waals surface area contributed by atoms with E-state index in [1.807, 2.05) is 12.1 Å². The van der Waals surface area contributed by atoms with Crippen LogP contribution in [0.15, 0.2) is 18.2 Å². The van der Waals surface area contributed by atoms with E-state index in [-0.39, 0.29) is 0 Å². The topological polar surface area (TPSA) is 67.3 Å². The van der Waals surface area contributed by atoms with Crippen LogP contribution in [-0.2, 0) is 6.54 Å². The van der Waals surface area contributed by atoms with Crippen molar-refractivity contribution in [3.8, 4) is 0 Å². The molecular weight excluding hydrogens is 220 g/mol. The largest absolute Gasteiger partial charge is 0.326 e. The van der Waals surface area contributed by atoms with Crippen molar-refractivity contribution in [3.05, 3.63) is 28.8 Å². The summed E-state index contributed by atoms with van der Waals surface area (Å²) in [6.07, 6.45) is 0. The second-order valence-electron chi connectivity index (χ2n) is 2.56. The van der Waals surface area contributed by atoms with Gasteiger partial charge in [0.15, 0.2) is 0 Å². The lowest BCUT2D eigenvalue weighted by molar-refractivity contribution is 0.783. The Kier molecular flexibility index (Phi) is 4.24. The van der Waals surface area contributed by atoms with Crippen molar-refractivity contribution in [1.82, 2.24) is 5.53 Å². The maximum atomic E-state index is 6.00. The number of rotatable bonds is 4. The standard InChI is InChI=1S/C8H11ClN4S/c9-7-3-1-2-6(4-10)8(7)13(5-14)12-11/h1-3,5,12H,4,10-11H2. The van der Waals surface area contributed by atoms with Gasteiger partial charge in [-0.05, 0) is 11.6 Å². The highest BCUT2D eigenvalue weighted by Crippen LogP contribution is 2.27. The van der Waals surface area contributed by atoms with Gasteiger partial charge in [0.1, 0.15) is 0 Å². The van der Waals surface area contributed by atoms with Gasteiger partial charge in [-0.1, -0.05) is 36.0 Å². The zero-order valence-corrected chi connectivity index (χ0v) is 8.98. The number of hydrogen-bond acceptors (Lipinski definition) is 4. The highest BCUT2D eigenvalue weighted by atomic mass is 35.5. The molecule has 0 aromatic heterocycles. The average Bonchev–Trinajstić information content (AvgIpc) is 2.22. The van der Waals surface area contributed by atoms with Crippen molar-refractivity contribution in [2.45, 2.75) is 6.54 Å². The molecule has 0 radical (unpaired) electrons. The molecule has 0 heterocycles. The molecule has 14 heavy (non-hydrogen) atoms. The molecule has 0 fully saturated rings. The van der Waals surface area contributed by atoms with E-state index >= 15 is 0 Å². The first kappa shape index (κ1) is 11.4. The summed E-state index contributed by atoms with van der Waals surface area (Å²) < 4.78 is 0. The fourth-order valence-electron chi connectivity index (χ4n) is 1.14. The van der Waals surface area contributed by atoms with Gasteiger partial charge in [-0.25, -0.2) is 0 Å². The summed E-state index contributed by atoms with van der Waals surface area (Å²) in [4.78, 5) is 0. The summed E-state index contributed by atoms with van der Waals surface area (Å²) in [5.41, 5.74) is 10.9. The van der Waals surface area contributed by atoms with Gasteiger partial charge in [0.05, 0.1) is 16.2 Å². The normalized spacial score (nSPS) is 9.93. The monoisotopic (exact) mass is 230 g/mol. The Balaban J connectivity index is 3.21. The van der Waals surface area contributed by atoms with E-state index in [4.69, 9.17) is 35.4 Å². The van der Waals surface area contributed by atoms with Crippen LogP contribution < -0.4 is 22.1 Å². The van der Waals surface area contributed by atoms with Crippen molar-refractivity contribution in [1.29, 1.82) is 0 Å². The highest BCUT2D eigenvalue weighted by Gasteiger charge is 2.10. The number of nitrogens with zero attached hydrogens (tertiary/aromatic N) is 1. The molecule has 1 rings (SSSR count). The fraction of sp³-hybridized carbons (Fsp3) is 0.125. The van der Waals surface area contributed by atoms with E-state index < -0.39 is 0 Å². The molecule has 76 valence electrons. The molecule has 0 unspecified atom stereocenters. The van der Waals surface area contributed by atoms with Gasteiger partial charge in [0.2, 0.25) is 0 Å². The van der Waals surface area contributed by atoms with E-state index in [9.17, 15) is 0 Å². The van der Waals surface area contributed by atoms with Crippen LogP contribution in [0.4, 0.5) is 5.69 Å². The third-order valence-corrected chi connectivity index (χ3v) is 2.29. The quantitative estimate of drug-likeness (QED) is 0.408. The molecule has 0 saturated heterocycles. The Hall–Kier alpha value is -0.720. The van der Waals surface area contributed by atoms with Gasteiger partial charge in [-0.3, -0.25) is 10.9 Å². The molecule has 0 atom stereocenters. The van der Waals surface area contributed by atoms with Gasteiger partial charge in [0, 0.05) is 6.54 Å². The Morgan fingerprint density at radius 1 is 1.57 bits per heavy atom. The summed E-state index contributed by atoms with van der Waals surface area (Å²) in [7, 11) is 0. The molecule has 5 N–H and O–H groups in total. The summed E-state index contributed by atoms with van der Waals surface area (Å²) >= 11 is 10.8. The molecule has 0 aliphatic heterocycles. The molecule has 1 aromatic rings. The SMILES string of the molecule is NCc1cccc(Cl)c1N(C=S)NN. The van der Waals surface area contributed by atoms with Crippen molar-refractivity contribution in [2.75, 3.05) is 5.01 Å². The van der Waals surface area contributed by atoms with E-state index in [1.165, 1.54) is 10.5 Å². The molecule has 0 amide bonds. The fourth-order valence-corrected chi connectivity index (χ4v) is 1.59. The van der Waals surface area contributed by atoms with Crippen LogP contribution in [0.5, 0.6) is 0 Å². The summed E-state index contributed by atoms with van der Waals surface area (Å²) in [5.74, 6) is 5.29. The van der Waals surface area contributed by atoms with E-state index in [0.717, 1.165) is 5.56 Å². The average molecular weight is 231 g/mol. The second kappa shape index (κ2) is 5.23. The lowest BCUT2D eigenvalue weighted by Crippen LogP contribution is -2.42. The number of benzene rings is 1. The lowest BCUT2D eigenvalue weighted by atomic mass is 10.2. The minimum absolute atomic E-state index is 0.372. The first-order valence-electron chi connectivity index (χ1n) is 3.92. The summed E-state index contributed by atoms with van der Waals surface area (Å²) in [5, 5.41) is 1.99. The third-order valence-electron chi connectivity index (χ3n) is 1.78. The number of nitrogens with two attached hydrogens (primary N) is 2. The molecule has 0 aliphatic carbocycles. The highest BCUT2D eigenvalue weighted by molar-refractivity contribution is 7.79. The van der Waals surface area contributed by atoms with Crippen LogP contribution in [-0.4, -0.2) is 5.49 Å². The predicted octanol–water partition coefficient (Wildman–Crippen LogP) is 0.941. The Morgan fingerprint density at radius 2 is 2.29 bits per heavy atom. The van der Waals surface area contributed by atoms with Crippen molar-refractivity contribution in [3.63, 3.8) is 0 Å². The van der Waals surface area contributed by atoms with Gasteiger partial charge in [-0.2, -0.15) is 5.53 Å². The number of anilines is 1. The number of para-hydroxylation sites is 1. The van der Waals surface area contributed by atoms with E-state index in [2.05, 4.69) is 5.53 Å². The first-order chi connectivity index (χ1) is 6.74. The van der Waals surface area contributed by atoms with Crippen LogP contribution in [0.3, 0.4) is 0 Å². The number of halogens is 1. The summed E-state index contributed by atoms with van der Waals surface area (Å²) in [6.45, 7) is 0.372. The lowest BCUT2D eigenvalue weighted by Gasteiger charge is -2.21. The van der Waals surface area contributed by atoms with E-state index in [1.54, 1.807) is 6.07 Å². The molecule has 0 saturated carbocycles. The number of hydrazine groups is 2. The van der Waals surface area contributed by atoms with Crippen LogP contribution in [0.25, 0.3) is 0 Å². The third kappa shape index (κ3) is 2.20. The number of hydrogen-bond donors (Lipinski definition) is 3. The Labute approximate surface area is 92.8 Å². The molecular formula is C8H11ClN4S. The van der Waals surface area contributed by atoms with Crippen molar-refractivity contribution in [2.24, 2.45) is 11.6 Å². The van der Waals surface area contributed by atoms with Crippen LogP contribution >= 0.6 is 23.8 Å². The Morgan fingerprint density at radius 3 is 2.79 bits per heavy atom. The Bertz CT molecular complexity index is 331. The van der Waals surface area contributed by atoms with Crippen LogP contribution in [0.2, 0.25) is 5.02 Å². The summed E-state index contributed by atoms with van der Waals surface area (Å²) in [6, 6.07) is 5.44. The van der Waals surface area contributed by atoms with Crippen LogP contribution in [0.1, 0.15) is 5.56 Å². The maximum Gasteiger partial charge on any atom is 0.0860 e. The molecule has 4 nitrogen and oxygen atoms in total. The second-order valence-corrected chi connectivity index (χ2v) is 3.17. The molecule has 0 bridgehead atoms. The minimum atomic E-state index is 0.372. The van der Waals surface area contributed by atoms with Crippen molar-refractivity contribution < 1.29 is 0 Å². The molecule has 0 aliphatic rings. The smallest absolute Gasteiger partial charge is 0.0860 e. The predicted molar refractivity (Wildman–Crippen MR) is 62.8 cm³/mol. The van der Waals surface area contributed by atoms with Gasteiger partial charge in [-0.15, -0.1) is 0 Å². The first-order valence-corrected chi connectivity index (χ1v) is 4.77. The molecule has 1 aromatic carbocycles. The zero-order valence-electron chi connectivity index (χ0n) is 7.40. The van der Waals surface area contributed by atoms with Gasteiger partial charge in [0.25, 0.3) is 0 Å². The number of thiocarbonyl (C=S) groups is 1. The maximum absolute atomic E-state index is 6.00.